The van der Waals surface area contributed by atoms with E-state index in [0.717, 1.165) is 0 Å². The monoisotopic (exact) mass is 281 g/mol. The number of nitrogen functional groups attached to an aromatic ring is 1. The van der Waals surface area contributed by atoms with Crippen LogP contribution in [0.15, 0.2) is 36.5 Å². The Kier molecular flexibility index (Phi) is 3.69. The van der Waals surface area contributed by atoms with Crippen molar-refractivity contribution >= 4 is 40.5 Å². The predicted molar refractivity (Wildman–Crippen MR) is 73.1 cm³/mol. The second-order valence-electron chi connectivity index (χ2n) is 3.56. The summed E-state index contributed by atoms with van der Waals surface area (Å²) in [5, 5.41) is 3.41. The molecule has 0 saturated carbocycles. The molecule has 92 valence electrons. The van der Waals surface area contributed by atoms with Crippen LogP contribution in [0, 0.1) is 0 Å². The van der Waals surface area contributed by atoms with Crippen LogP contribution in [0.25, 0.3) is 0 Å². The molecule has 0 aliphatic carbocycles. The van der Waals surface area contributed by atoms with Crippen molar-refractivity contribution in [3.63, 3.8) is 0 Å². The van der Waals surface area contributed by atoms with Gasteiger partial charge >= 0.3 is 0 Å². The lowest BCUT2D eigenvalue weighted by molar-refractivity contribution is 0.102. The van der Waals surface area contributed by atoms with Gasteiger partial charge in [-0.15, -0.1) is 0 Å². The van der Waals surface area contributed by atoms with Gasteiger partial charge in [0, 0.05) is 11.9 Å². The second-order valence-corrected chi connectivity index (χ2v) is 4.35. The largest absolute Gasteiger partial charge is 0.398 e. The fourth-order valence-electron chi connectivity index (χ4n) is 1.32. The molecule has 0 radical (unpaired) electrons. The highest BCUT2D eigenvalue weighted by Gasteiger charge is 2.07. The molecule has 0 fully saturated rings. The molecule has 2 aromatic rings. The summed E-state index contributed by atoms with van der Waals surface area (Å²) in [5.41, 5.74) is 7.01. The third-order valence-corrected chi connectivity index (χ3v) is 2.80. The van der Waals surface area contributed by atoms with Gasteiger partial charge in [-0.05, 0) is 30.3 Å². The van der Waals surface area contributed by atoms with E-state index in [1.54, 1.807) is 30.3 Å². The standard InChI is InChI=1S/C12H9Cl2N3O/c13-9-5-8(2-3-10(9)15)17-12(18)7-1-4-11(14)16-6-7/h1-6H,15H2,(H,17,18). The second kappa shape index (κ2) is 5.25. The van der Waals surface area contributed by atoms with E-state index in [4.69, 9.17) is 28.9 Å². The van der Waals surface area contributed by atoms with Gasteiger partial charge in [-0.3, -0.25) is 4.79 Å². The molecule has 3 N–H and O–H groups in total. The summed E-state index contributed by atoms with van der Waals surface area (Å²) in [5.74, 6) is -0.292. The van der Waals surface area contributed by atoms with Gasteiger partial charge in [0.1, 0.15) is 5.15 Å². The van der Waals surface area contributed by atoms with E-state index in [2.05, 4.69) is 10.3 Å². The maximum atomic E-state index is 11.9. The van der Waals surface area contributed by atoms with Gasteiger partial charge in [-0.25, -0.2) is 4.98 Å². The Balaban J connectivity index is 2.16. The highest BCUT2D eigenvalue weighted by atomic mass is 35.5. The minimum absolute atomic E-state index is 0.292. The number of anilines is 2. The normalized spacial score (nSPS) is 10.1. The number of carbonyl (C=O) groups excluding carboxylic acids is 1. The Bertz CT molecular complexity index is 584. The fourth-order valence-corrected chi connectivity index (χ4v) is 1.61. The number of rotatable bonds is 2. The number of amides is 1. The summed E-state index contributed by atoms with van der Waals surface area (Å²) in [6.45, 7) is 0. The lowest BCUT2D eigenvalue weighted by Crippen LogP contribution is -2.12. The van der Waals surface area contributed by atoms with Crippen LogP contribution in [0.1, 0.15) is 10.4 Å². The molecule has 0 spiro atoms. The number of aromatic nitrogens is 1. The first-order chi connectivity index (χ1) is 8.56. The van der Waals surface area contributed by atoms with Gasteiger partial charge in [-0.2, -0.15) is 0 Å². The molecule has 0 unspecified atom stereocenters. The number of carbonyl (C=O) groups is 1. The molecule has 18 heavy (non-hydrogen) atoms. The van der Waals surface area contributed by atoms with Gasteiger partial charge in [0.25, 0.3) is 5.91 Å². The molecule has 1 heterocycles. The van der Waals surface area contributed by atoms with Crippen molar-refractivity contribution in [1.82, 2.24) is 4.98 Å². The molecular formula is C12H9Cl2N3O. The Morgan fingerprint density at radius 3 is 2.61 bits per heavy atom. The number of nitrogens with one attached hydrogen (secondary N) is 1. The van der Waals surface area contributed by atoms with E-state index in [-0.39, 0.29) is 5.91 Å². The van der Waals surface area contributed by atoms with Crippen molar-refractivity contribution < 1.29 is 4.79 Å². The Hall–Kier alpha value is -1.78. The number of pyridine rings is 1. The Morgan fingerprint density at radius 1 is 1.22 bits per heavy atom. The van der Waals surface area contributed by atoms with E-state index >= 15 is 0 Å². The fraction of sp³-hybridized carbons (Fsp3) is 0. The van der Waals surface area contributed by atoms with Crippen molar-refractivity contribution in [2.75, 3.05) is 11.1 Å². The molecule has 1 amide bonds. The van der Waals surface area contributed by atoms with Crippen LogP contribution in [-0.2, 0) is 0 Å². The van der Waals surface area contributed by atoms with Gasteiger partial charge in [0.2, 0.25) is 0 Å². The van der Waals surface area contributed by atoms with Gasteiger partial charge in [0.15, 0.2) is 0 Å². The zero-order valence-corrected chi connectivity index (χ0v) is 10.7. The lowest BCUT2D eigenvalue weighted by Gasteiger charge is -2.06. The molecule has 6 heteroatoms. The Labute approximate surface area is 114 Å². The van der Waals surface area contributed by atoms with Crippen LogP contribution in [0.4, 0.5) is 11.4 Å². The number of hydrogen-bond acceptors (Lipinski definition) is 3. The highest BCUT2D eigenvalue weighted by molar-refractivity contribution is 6.33. The first-order valence-electron chi connectivity index (χ1n) is 5.04. The van der Waals surface area contributed by atoms with Crippen LogP contribution in [0.3, 0.4) is 0 Å². The first kappa shape index (κ1) is 12.7. The van der Waals surface area contributed by atoms with Gasteiger partial charge in [-0.1, -0.05) is 23.2 Å². The molecular weight excluding hydrogens is 273 g/mol. The molecule has 0 atom stereocenters. The zero-order chi connectivity index (χ0) is 13.1. The van der Waals surface area contributed by atoms with E-state index < -0.39 is 0 Å². The number of halogens is 2. The number of nitrogens with zero attached hydrogens (tertiary/aromatic N) is 1. The van der Waals surface area contributed by atoms with Crippen LogP contribution in [0.2, 0.25) is 10.2 Å². The van der Waals surface area contributed by atoms with E-state index in [1.807, 2.05) is 0 Å². The maximum absolute atomic E-state index is 11.9. The molecule has 1 aromatic heterocycles. The average molecular weight is 282 g/mol. The first-order valence-corrected chi connectivity index (χ1v) is 5.80. The van der Waals surface area contributed by atoms with Gasteiger partial charge < -0.3 is 11.1 Å². The SMILES string of the molecule is Nc1ccc(NC(=O)c2ccc(Cl)nc2)cc1Cl. The molecule has 4 nitrogen and oxygen atoms in total. The third-order valence-electron chi connectivity index (χ3n) is 2.25. The number of benzene rings is 1. The van der Waals surface area contributed by atoms with Crippen LogP contribution in [-0.4, -0.2) is 10.9 Å². The highest BCUT2D eigenvalue weighted by Crippen LogP contribution is 2.22. The minimum Gasteiger partial charge on any atom is -0.398 e. The molecule has 0 aliphatic rings. The van der Waals surface area contributed by atoms with Crippen molar-refractivity contribution in [1.29, 1.82) is 0 Å². The Morgan fingerprint density at radius 2 is 2.00 bits per heavy atom. The summed E-state index contributed by atoms with van der Waals surface area (Å²) in [6.07, 6.45) is 1.40. The van der Waals surface area contributed by atoms with E-state index in [9.17, 15) is 4.79 Å². The maximum Gasteiger partial charge on any atom is 0.257 e. The summed E-state index contributed by atoms with van der Waals surface area (Å²) in [7, 11) is 0. The van der Waals surface area contributed by atoms with Crippen LogP contribution >= 0.6 is 23.2 Å². The predicted octanol–water partition coefficient (Wildman–Crippen LogP) is 3.22. The van der Waals surface area contributed by atoms with Gasteiger partial charge in [0.05, 0.1) is 16.3 Å². The lowest BCUT2D eigenvalue weighted by atomic mass is 10.2. The summed E-state index contributed by atoms with van der Waals surface area (Å²) in [4.78, 5) is 15.7. The number of hydrogen-bond donors (Lipinski definition) is 2. The van der Waals surface area contributed by atoms with Crippen molar-refractivity contribution in [2.45, 2.75) is 0 Å². The summed E-state index contributed by atoms with van der Waals surface area (Å²) in [6, 6.07) is 8.01. The van der Waals surface area contributed by atoms with Crippen LogP contribution < -0.4 is 11.1 Å². The quantitative estimate of drug-likeness (QED) is 0.656. The summed E-state index contributed by atoms with van der Waals surface area (Å²) < 4.78 is 0. The number of nitrogens with two attached hydrogens (primary N) is 1. The smallest absolute Gasteiger partial charge is 0.257 e. The topological polar surface area (TPSA) is 68.0 Å². The molecule has 1 aromatic carbocycles. The molecule has 0 aliphatic heterocycles. The van der Waals surface area contributed by atoms with Crippen molar-refractivity contribution in [2.24, 2.45) is 0 Å². The average Bonchev–Trinajstić information content (AvgIpc) is 2.34. The minimum atomic E-state index is -0.292. The van der Waals surface area contributed by atoms with E-state index in [0.29, 0.717) is 27.1 Å². The van der Waals surface area contributed by atoms with Crippen molar-refractivity contribution in [3.8, 4) is 0 Å². The summed E-state index contributed by atoms with van der Waals surface area (Å²) >= 11 is 11.5. The zero-order valence-electron chi connectivity index (χ0n) is 9.15. The molecule has 2 rings (SSSR count). The third kappa shape index (κ3) is 2.91. The molecule has 0 saturated heterocycles. The van der Waals surface area contributed by atoms with Crippen LogP contribution in [0.5, 0.6) is 0 Å². The van der Waals surface area contributed by atoms with Crippen molar-refractivity contribution in [3.05, 3.63) is 52.3 Å². The molecule has 0 bridgehead atoms. The van der Waals surface area contributed by atoms with E-state index in [1.165, 1.54) is 6.20 Å².